The summed E-state index contributed by atoms with van der Waals surface area (Å²) in [6.07, 6.45) is 6.49. The Kier molecular flexibility index (Phi) is 5.33. The molecule has 1 amide bonds. The number of nitrogens with one attached hydrogen (secondary N) is 1. The number of carbonyl (C=O) groups excluding carboxylic acids is 1. The van der Waals surface area contributed by atoms with Gasteiger partial charge >= 0.3 is 0 Å². The molecule has 6 heteroatoms. The molecule has 0 spiro atoms. The van der Waals surface area contributed by atoms with Crippen molar-refractivity contribution in [2.75, 3.05) is 13.1 Å². The van der Waals surface area contributed by atoms with Gasteiger partial charge in [0.05, 0.1) is 6.26 Å². The van der Waals surface area contributed by atoms with Crippen LogP contribution in [0.25, 0.3) is 0 Å². The molecule has 1 unspecified atom stereocenters. The summed E-state index contributed by atoms with van der Waals surface area (Å²) in [5, 5.41) is 3.49. The van der Waals surface area contributed by atoms with Gasteiger partial charge in [-0.1, -0.05) is 23.7 Å². The Morgan fingerprint density at radius 1 is 1.46 bits per heavy atom. The molecule has 1 atom stereocenters. The molecule has 0 aliphatic carbocycles. The maximum absolute atomic E-state index is 12.1. The summed E-state index contributed by atoms with van der Waals surface area (Å²) in [5.41, 5.74) is 2.34. The van der Waals surface area contributed by atoms with Gasteiger partial charge in [0.25, 0.3) is 5.91 Å². The van der Waals surface area contributed by atoms with Crippen LogP contribution in [0.5, 0.6) is 0 Å². The first kappa shape index (κ1) is 16.7. The second kappa shape index (κ2) is 7.64. The van der Waals surface area contributed by atoms with Crippen LogP contribution in [-0.4, -0.2) is 34.9 Å². The van der Waals surface area contributed by atoms with E-state index < -0.39 is 0 Å². The highest BCUT2D eigenvalue weighted by Gasteiger charge is 2.20. The van der Waals surface area contributed by atoms with E-state index in [0.29, 0.717) is 10.9 Å². The number of rotatable bonds is 5. The summed E-state index contributed by atoms with van der Waals surface area (Å²) in [6.45, 7) is 4.63. The smallest absolute Gasteiger partial charge is 0.287 e. The molecular weight excluding hydrogens is 326 g/mol. The first-order valence-electron chi connectivity index (χ1n) is 7.98. The minimum Gasteiger partial charge on any atom is -0.459 e. The summed E-state index contributed by atoms with van der Waals surface area (Å²) in [5.74, 6) is 0.148. The van der Waals surface area contributed by atoms with Gasteiger partial charge in [0, 0.05) is 31.9 Å². The number of hydrogen-bond donors (Lipinski definition) is 1. The molecule has 1 N–H and O–H groups in total. The fourth-order valence-corrected chi connectivity index (χ4v) is 2.92. The van der Waals surface area contributed by atoms with E-state index in [0.717, 1.165) is 31.6 Å². The Labute approximate surface area is 146 Å². The average Bonchev–Trinajstić information content (AvgIpc) is 3.12. The van der Waals surface area contributed by atoms with Crippen molar-refractivity contribution in [2.24, 2.45) is 0 Å². The molecule has 0 bridgehead atoms. The van der Waals surface area contributed by atoms with Crippen LogP contribution in [0.1, 0.15) is 29.5 Å². The molecule has 126 valence electrons. The fourth-order valence-electron chi connectivity index (χ4n) is 2.81. The third-order valence-corrected chi connectivity index (χ3v) is 4.33. The van der Waals surface area contributed by atoms with Crippen molar-refractivity contribution in [1.82, 2.24) is 15.2 Å². The van der Waals surface area contributed by atoms with E-state index in [1.165, 1.54) is 11.8 Å². The van der Waals surface area contributed by atoms with E-state index in [9.17, 15) is 4.79 Å². The minimum atomic E-state index is -0.188. The molecule has 0 radical (unpaired) electrons. The first-order valence-corrected chi connectivity index (χ1v) is 8.35. The van der Waals surface area contributed by atoms with Crippen LogP contribution < -0.4 is 5.32 Å². The molecule has 0 fully saturated rings. The highest BCUT2D eigenvalue weighted by Crippen LogP contribution is 2.17. The second-order valence-electron chi connectivity index (χ2n) is 5.94. The lowest BCUT2D eigenvalue weighted by Gasteiger charge is -2.30. The Morgan fingerprint density at radius 2 is 2.33 bits per heavy atom. The predicted molar refractivity (Wildman–Crippen MR) is 92.9 cm³/mol. The van der Waals surface area contributed by atoms with Gasteiger partial charge in [0.15, 0.2) is 5.76 Å². The van der Waals surface area contributed by atoms with Crippen LogP contribution in [0.15, 0.2) is 52.8 Å². The number of hydrogen-bond acceptors (Lipinski definition) is 4. The molecule has 24 heavy (non-hydrogen) atoms. The SMILES string of the molecule is CC(NC(=O)c1ccco1)C1=CCCN(Cc2ccc(Cl)nc2)C1. The zero-order valence-corrected chi connectivity index (χ0v) is 14.3. The van der Waals surface area contributed by atoms with Crippen molar-refractivity contribution in [3.8, 4) is 0 Å². The molecule has 3 rings (SSSR count). The monoisotopic (exact) mass is 345 g/mol. The van der Waals surface area contributed by atoms with Crippen molar-refractivity contribution in [3.05, 3.63) is 64.9 Å². The van der Waals surface area contributed by atoms with E-state index in [2.05, 4.69) is 21.3 Å². The number of nitrogens with zero attached hydrogens (tertiary/aromatic N) is 2. The molecule has 2 aromatic heterocycles. The van der Waals surface area contributed by atoms with Crippen molar-refractivity contribution >= 4 is 17.5 Å². The lowest BCUT2D eigenvalue weighted by atomic mass is 10.0. The number of halogens is 1. The lowest BCUT2D eigenvalue weighted by Crippen LogP contribution is -2.40. The molecule has 3 heterocycles. The zero-order valence-electron chi connectivity index (χ0n) is 13.5. The summed E-state index contributed by atoms with van der Waals surface area (Å²) >= 11 is 5.83. The average molecular weight is 346 g/mol. The van der Waals surface area contributed by atoms with Gasteiger partial charge in [-0.15, -0.1) is 0 Å². The van der Waals surface area contributed by atoms with Gasteiger partial charge < -0.3 is 9.73 Å². The number of aromatic nitrogens is 1. The van der Waals surface area contributed by atoms with Gasteiger partial charge in [0.1, 0.15) is 5.15 Å². The molecule has 0 saturated heterocycles. The molecule has 1 aliphatic heterocycles. The summed E-state index contributed by atoms with van der Waals surface area (Å²) in [4.78, 5) is 18.6. The Balaban J connectivity index is 1.57. The standard InChI is InChI=1S/C18H20ClN3O2/c1-13(21-18(23)16-5-3-9-24-16)15-4-2-8-22(12-15)11-14-6-7-17(19)20-10-14/h3-7,9-10,13H,2,8,11-12H2,1H3,(H,21,23). The molecule has 5 nitrogen and oxygen atoms in total. The van der Waals surface area contributed by atoms with Gasteiger partial charge in [0.2, 0.25) is 0 Å². The highest BCUT2D eigenvalue weighted by atomic mass is 35.5. The van der Waals surface area contributed by atoms with Crippen molar-refractivity contribution < 1.29 is 9.21 Å². The third-order valence-electron chi connectivity index (χ3n) is 4.10. The van der Waals surface area contributed by atoms with E-state index in [4.69, 9.17) is 16.0 Å². The van der Waals surface area contributed by atoms with Crippen LogP contribution in [0.4, 0.5) is 0 Å². The van der Waals surface area contributed by atoms with Crippen LogP contribution >= 0.6 is 11.6 Å². The maximum Gasteiger partial charge on any atom is 0.287 e. The third kappa shape index (κ3) is 4.24. The molecular formula is C18H20ClN3O2. The minimum absolute atomic E-state index is 0.0336. The number of furan rings is 1. The highest BCUT2D eigenvalue weighted by molar-refractivity contribution is 6.29. The molecule has 2 aromatic rings. The van der Waals surface area contributed by atoms with E-state index in [-0.39, 0.29) is 11.9 Å². The largest absolute Gasteiger partial charge is 0.459 e. The van der Waals surface area contributed by atoms with Crippen molar-refractivity contribution in [3.63, 3.8) is 0 Å². The topological polar surface area (TPSA) is 58.4 Å². The lowest BCUT2D eigenvalue weighted by molar-refractivity contribution is 0.0915. The van der Waals surface area contributed by atoms with Crippen LogP contribution in [-0.2, 0) is 6.54 Å². The van der Waals surface area contributed by atoms with E-state index in [1.54, 1.807) is 12.1 Å². The number of carbonyl (C=O) groups is 1. The molecule has 0 aromatic carbocycles. The van der Waals surface area contributed by atoms with Crippen LogP contribution in [0, 0.1) is 0 Å². The van der Waals surface area contributed by atoms with E-state index in [1.807, 2.05) is 25.3 Å². The van der Waals surface area contributed by atoms with Gasteiger partial charge in [-0.2, -0.15) is 0 Å². The van der Waals surface area contributed by atoms with Gasteiger partial charge in [-0.3, -0.25) is 9.69 Å². The Hall–Kier alpha value is -2.11. The first-order chi connectivity index (χ1) is 11.6. The predicted octanol–water partition coefficient (Wildman–Crippen LogP) is 3.28. The Morgan fingerprint density at radius 3 is 3.04 bits per heavy atom. The van der Waals surface area contributed by atoms with Crippen molar-refractivity contribution in [1.29, 1.82) is 0 Å². The summed E-state index contributed by atoms with van der Waals surface area (Å²) < 4.78 is 5.13. The molecule has 0 saturated carbocycles. The normalized spacial score (nSPS) is 16.5. The maximum atomic E-state index is 12.1. The van der Waals surface area contributed by atoms with Gasteiger partial charge in [-0.25, -0.2) is 4.98 Å². The molecule has 1 aliphatic rings. The van der Waals surface area contributed by atoms with E-state index >= 15 is 0 Å². The summed E-state index contributed by atoms with van der Waals surface area (Å²) in [6, 6.07) is 7.14. The second-order valence-corrected chi connectivity index (χ2v) is 6.33. The van der Waals surface area contributed by atoms with Crippen LogP contribution in [0.3, 0.4) is 0 Å². The fraction of sp³-hybridized carbons (Fsp3) is 0.333. The van der Waals surface area contributed by atoms with Crippen molar-refractivity contribution in [2.45, 2.75) is 25.9 Å². The quantitative estimate of drug-likeness (QED) is 0.667. The van der Waals surface area contributed by atoms with Crippen LogP contribution in [0.2, 0.25) is 5.15 Å². The zero-order chi connectivity index (χ0) is 16.9. The number of pyridine rings is 1. The number of amides is 1. The summed E-state index contributed by atoms with van der Waals surface area (Å²) in [7, 11) is 0. The van der Waals surface area contributed by atoms with Gasteiger partial charge in [-0.05, 0) is 42.7 Å². The Bertz CT molecular complexity index is 710.